The zero-order chi connectivity index (χ0) is 13.2. The number of aliphatic hydroxyl groups is 1. The highest BCUT2D eigenvalue weighted by Crippen LogP contribution is 2.33. The molecule has 1 fully saturated rings. The molecule has 0 saturated heterocycles. The number of aliphatic carboxylic acids is 1. The second-order valence-corrected chi connectivity index (χ2v) is 5.17. The Labute approximate surface area is 107 Å². The molecule has 98 valence electrons. The van der Waals surface area contributed by atoms with Crippen LogP contribution in [0, 0.1) is 5.92 Å². The first-order valence-corrected chi connectivity index (χ1v) is 6.25. The highest BCUT2D eigenvalue weighted by molar-refractivity contribution is 5.74. The lowest BCUT2D eigenvalue weighted by atomic mass is 9.95. The Bertz CT molecular complexity index is 412. The van der Waals surface area contributed by atoms with Crippen LogP contribution < -0.4 is 5.32 Å². The van der Waals surface area contributed by atoms with Crippen molar-refractivity contribution < 1.29 is 15.0 Å². The quantitative estimate of drug-likeness (QED) is 0.711. The van der Waals surface area contributed by atoms with Crippen LogP contribution in [-0.4, -0.2) is 28.8 Å². The molecule has 2 unspecified atom stereocenters. The fourth-order valence-electron chi connectivity index (χ4n) is 2.09. The summed E-state index contributed by atoms with van der Waals surface area (Å²) in [6.45, 7) is 1.94. The van der Waals surface area contributed by atoms with Crippen molar-refractivity contribution in [2.75, 3.05) is 6.54 Å². The van der Waals surface area contributed by atoms with Gasteiger partial charge in [0.05, 0.1) is 5.60 Å². The van der Waals surface area contributed by atoms with Gasteiger partial charge in [-0.05, 0) is 31.2 Å². The van der Waals surface area contributed by atoms with Crippen LogP contribution in [0.5, 0.6) is 0 Å². The van der Waals surface area contributed by atoms with Gasteiger partial charge in [0.1, 0.15) is 6.04 Å². The van der Waals surface area contributed by atoms with E-state index in [4.69, 9.17) is 5.11 Å². The van der Waals surface area contributed by atoms with E-state index in [0.29, 0.717) is 0 Å². The zero-order valence-electron chi connectivity index (χ0n) is 10.5. The molecule has 3 N–H and O–H groups in total. The molecule has 4 nitrogen and oxygen atoms in total. The zero-order valence-corrected chi connectivity index (χ0v) is 10.5. The molecule has 0 radical (unpaired) electrons. The fraction of sp³-hybridized carbons (Fsp3) is 0.500. The third kappa shape index (κ3) is 3.09. The van der Waals surface area contributed by atoms with Gasteiger partial charge < -0.3 is 15.5 Å². The highest BCUT2D eigenvalue weighted by Gasteiger charge is 2.37. The Morgan fingerprint density at radius 2 is 2.06 bits per heavy atom. The molecule has 18 heavy (non-hydrogen) atoms. The van der Waals surface area contributed by atoms with Gasteiger partial charge in [-0.1, -0.05) is 30.3 Å². The summed E-state index contributed by atoms with van der Waals surface area (Å²) in [6.07, 6.45) is 1.91. The Morgan fingerprint density at radius 3 is 2.56 bits per heavy atom. The molecule has 1 saturated carbocycles. The molecule has 1 aromatic carbocycles. The van der Waals surface area contributed by atoms with Crippen molar-refractivity contribution in [3.8, 4) is 0 Å². The molecular weight excluding hydrogens is 230 g/mol. The van der Waals surface area contributed by atoms with E-state index in [1.165, 1.54) is 0 Å². The number of hydrogen-bond acceptors (Lipinski definition) is 3. The minimum Gasteiger partial charge on any atom is -0.480 e. The van der Waals surface area contributed by atoms with Crippen molar-refractivity contribution in [1.82, 2.24) is 5.32 Å². The number of carbonyl (C=O) groups is 1. The molecule has 0 spiro atoms. The topological polar surface area (TPSA) is 69.6 Å². The van der Waals surface area contributed by atoms with E-state index in [1.807, 2.05) is 30.3 Å². The van der Waals surface area contributed by atoms with Gasteiger partial charge in [-0.25, -0.2) is 0 Å². The SMILES string of the molecule is CC(O)(CNC(C(=O)O)C1CC1)c1ccccc1. The van der Waals surface area contributed by atoms with Crippen molar-refractivity contribution in [3.63, 3.8) is 0 Å². The van der Waals surface area contributed by atoms with Crippen LogP contribution >= 0.6 is 0 Å². The predicted octanol–water partition coefficient (Wildman–Crippen LogP) is 1.35. The minimum atomic E-state index is -1.05. The van der Waals surface area contributed by atoms with Gasteiger partial charge in [-0.3, -0.25) is 4.79 Å². The Kier molecular flexibility index (Phi) is 3.68. The van der Waals surface area contributed by atoms with Crippen LogP contribution in [-0.2, 0) is 10.4 Å². The highest BCUT2D eigenvalue weighted by atomic mass is 16.4. The first kappa shape index (κ1) is 13.1. The van der Waals surface area contributed by atoms with Crippen molar-refractivity contribution >= 4 is 5.97 Å². The molecule has 4 heteroatoms. The Hall–Kier alpha value is -1.39. The number of carboxylic acid groups (broad SMARTS) is 1. The maximum atomic E-state index is 11.1. The van der Waals surface area contributed by atoms with Crippen LogP contribution in [0.2, 0.25) is 0 Å². The summed E-state index contributed by atoms with van der Waals surface area (Å²) >= 11 is 0. The third-order valence-corrected chi connectivity index (χ3v) is 3.42. The smallest absolute Gasteiger partial charge is 0.320 e. The van der Waals surface area contributed by atoms with Crippen LogP contribution in [0.4, 0.5) is 0 Å². The summed E-state index contributed by atoms with van der Waals surface area (Å²) in [7, 11) is 0. The van der Waals surface area contributed by atoms with Crippen LogP contribution in [0.3, 0.4) is 0 Å². The lowest BCUT2D eigenvalue weighted by Crippen LogP contribution is -2.45. The van der Waals surface area contributed by atoms with E-state index in [1.54, 1.807) is 6.92 Å². The minimum absolute atomic E-state index is 0.217. The predicted molar refractivity (Wildman–Crippen MR) is 68.2 cm³/mol. The van der Waals surface area contributed by atoms with Gasteiger partial charge in [0.15, 0.2) is 0 Å². The third-order valence-electron chi connectivity index (χ3n) is 3.42. The second kappa shape index (κ2) is 5.08. The second-order valence-electron chi connectivity index (χ2n) is 5.17. The number of benzene rings is 1. The van der Waals surface area contributed by atoms with E-state index in [9.17, 15) is 9.90 Å². The summed E-state index contributed by atoms with van der Waals surface area (Å²) in [5, 5.41) is 22.4. The molecule has 1 aliphatic carbocycles. The fourth-order valence-corrected chi connectivity index (χ4v) is 2.09. The van der Waals surface area contributed by atoms with Gasteiger partial charge in [0.2, 0.25) is 0 Å². The Balaban J connectivity index is 1.98. The van der Waals surface area contributed by atoms with E-state index in [0.717, 1.165) is 18.4 Å². The van der Waals surface area contributed by atoms with Gasteiger partial charge in [0.25, 0.3) is 0 Å². The standard InChI is InChI=1S/C14H19NO3/c1-14(18,11-5-3-2-4-6-11)9-15-12(13(16)17)10-7-8-10/h2-6,10,12,15,18H,7-9H2,1H3,(H,16,17). The number of nitrogens with one attached hydrogen (secondary N) is 1. The summed E-state index contributed by atoms with van der Waals surface area (Å²) in [4.78, 5) is 11.1. The molecule has 1 aliphatic rings. The molecule has 0 heterocycles. The summed E-state index contributed by atoms with van der Waals surface area (Å²) in [6, 6.07) is 8.75. The molecule has 0 aromatic heterocycles. The van der Waals surface area contributed by atoms with Crippen molar-refractivity contribution in [1.29, 1.82) is 0 Å². The maximum Gasteiger partial charge on any atom is 0.320 e. The van der Waals surface area contributed by atoms with E-state index < -0.39 is 17.6 Å². The normalized spacial score (nSPS) is 20.1. The largest absolute Gasteiger partial charge is 0.480 e. The lowest BCUT2D eigenvalue weighted by molar-refractivity contribution is -0.140. The molecule has 1 aromatic rings. The van der Waals surface area contributed by atoms with Gasteiger partial charge >= 0.3 is 5.97 Å². The molecular formula is C14H19NO3. The lowest BCUT2D eigenvalue weighted by Gasteiger charge is -2.26. The van der Waals surface area contributed by atoms with Gasteiger partial charge in [-0.15, -0.1) is 0 Å². The summed E-state index contributed by atoms with van der Waals surface area (Å²) in [5.74, 6) is -0.615. The number of hydrogen-bond donors (Lipinski definition) is 3. The van der Waals surface area contributed by atoms with Crippen molar-refractivity contribution in [2.24, 2.45) is 5.92 Å². The molecule has 0 amide bonds. The van der Waals surface area contributed by atoms with Gasteiger partial charge in [0, 0.05) is 6.54 Å². The first-order chi connectivity index (χ1) is 8.50. The maximum absolute atomic E-state index is 11.1. The average Bonchev–Trinajstić information content (AvgIpc) is 3.14. The van der Waals surface area contributed by atoms with Gasteiger partial charge in [-0.2, -0.15) is 0 Å². The molecule has 0 aliphatic heterocycles. The van der Waals surface area contributed by atoms with Crippen LogP contribution in [0.15, 0.2) is 30.3 Å². The van der Waals surface area contributed by atoms with E-state index in [-0.39, 0.29) is 12.5 Å². The van der Waals surface area contributed by atoms with E-state index in [2.05, 4.69) is 5.32 Å². The Morgan fingerprint density at radius 1 is 1.44 bits per heavy atom. The molecule has 0 bridgehead atoms. The van der Waals surface area contributed by atoms with Crippen molar-refractivity contribution in [3.05, 3.63) is 35.9 Å². The van der Waals surface area contributed by atoms with Crippen LogP contribution in [0.1, 0.15) is 25.3 Å². The monoisotopic (exact) mass is 249 g/mol. The molecule has 2 atom stereocenters. The average molecular weight is 249 g/mol. The first-order valence-electron chi connectivity index (χ1n) is 6.25. The summed E-state index contributed by atoms with van der Waals surface area (Å²) < 4.78 is 0. The van der Waals surface area contributed by atoms with E-state index >= 15 is 0 Å². The number of rotatable bonds is 6. The summed E-state index contributed by atoms with van der Waals surface area (Å²) in [5.41, 5.74) is -0.262. The van der Waals surface area contributed by atoms with Crippen molar-refractivity contribution in [2.45, 2.75) is 31.4 Å². The molecule has 2 rings (SSSR count). The van der Waals surface area contributed by atoms with Crippen LogP contribution in [0.25, 0.3) is 0 Å². The number of carboxylic acids is 1.